The minimum Gasteiger partial charge on any atom is -0.356 e. The van der Waals surface area contributed by atoms with E-state index in [9.17, 15) is 13.2 Å². The van der Waals surface area contributed by atoms with Crippen LogP contribution in [0, 0.1) is 0 Å². The standard InChI is InChI=1S/C22H28N2O3S/c25-22(23-15-7-10-19-8-3-1-4-9-19)18-20-11-13-21(14-12-20)28(26,27)24-16-5-2-6-17-24/h1,3-4,8-9,11-14H,2,5-7,10,15-18H2,(H,23,25). The molecule has 0 saturated carbocycles. The molecule has 1 aliphatic rings. The molecule has 0 radical (unpaired) electrons. The van der Waals surface area contributed by atoms with E-state index in [1.807, 2.05) is 18.2 Å². The number of rotatable bonds is 8. The van der Waals surface area contributed by atoms with Gasteiger partial charge in [0.15, 0.2) is 0 Å². The third-order valence-electron chi connectivity index (χ3n) is 5.05. The molecule has 0 aliphatic carbocycles. The number of hydrogen-bond donors (Lipinski definition) is 1. The third kappa shape index (κ3) is 5.66. The Morgan fingerprint density at radius 3 is 2.25 bits per heavy atom. The Morgan fingerprint density at radius 2 is 1.57 bits per heavy atom. The number of benzene rings is 2. The van der Waals surface area contributed by atoms with Crippen LogP contribution in [0.2, 0.25) is 0 Å². The van der Waals surface area contributed by atoms with Crippen molar-refractivity contribution in [3.8, 4) is 0 Å². The SMILES string of the molecule is O=C(Cc1ccc(S(=O)(=O)N2CCCCC2)cc1)NCCCc1ccccc1. The van der Waals surface area contributed by atoms with Gasteiger partial charge in [0.1, 0.15) is 0 Å². The van der Waals surface area contributed by atoms with Gasteiger partial charge < -0.3 is 5.32 Å². The number of amides is 1. The van der Waals surface area contributed by atoms with E-state index in [-0.39, 0.29) is 12.3 Å². The summed E-state index contributed by atoms with van der Waals surface area (Å²) < 4.78 is 26.9. The molecule has 6 heteroatoms. The van der Waals surface area contributed by atoms with Crippen LogP contribution in [0.3, 0.4) is 0 Å². The number of carbonyl (C=O) groups is 1. The van der Waals surface area contributed by atoms with E-state index in [4.69, 9.17) is 0 Å². The fourth-order valence-electron chi connectivity index (χ4n) is 3.45. The number of hydrogen-bond acceptors (Lipinski definition) is 3. The minimum atomic E-state index is -3.42. The maximum absolute atomic E-state index is 12.7. The van der Waals surface area contributed by atoms with Gasteiger partial charge in [0.25, 0.3) is 0 Å². The van der Waals surface area contributed by atoms with Gasteiger partial charge in [-0.05, 0) is 48.9 Å². The predicted octanol–water partition coefficient (Wildman–Crippen LogP) is 3.15. The van der Waals surface area contributed by atoms with Crippen LogP contribution in [-0.4, -0.2) is 38.3 Å². The molecule has 1 saturated heterocycles. The predicted molar refractivity (Wildman–Crippen MR) is 111 cm³/mol. The minimum absolute atomic E-state index is 0.0419. The highest BCUT2D eigenvalue weighted by molar-refractivity contribution is 7.89. The first-order chi connectivity index (χ1) is 13.6. The van der Waals surface area contributed by atoms with Gasteiger partial charge >= 0.3 is 0 Å². The summed E-state index contributed by atoms with van der Waals surface area (Å²) in [5.74, 6) is -0.0419. The van der Waals surface area contributed by atoms with Gasteiger partial charge in [0.05, 0.1) is 11.3 Å². The molecule has 1 N–H and O–H groups in total. The fraction of sp³-hybridized carbons (Fsp3) is 0.409. The van der Waals surface area contributed by atoms with Crippen molar-refractivity contribution in [3.63, 3.8) is 0 Å². The molecular formula is C22H28N2O3S. The summed E-state index contributed by atoms with van der Waals surface area (Å²) in [6.45, 7) is 1.82. The second-order valence-electron chi connectivity index (χ2n) is 7.22. The highest BCUT2D eigenvalue weighted by Crippen LogP contribution is 2.21. The quantitative estimate of drug-likeness (QED) is 0.692. The summed E-state index contributed by atoms with van der Waals surface area (Å²) in [5.41, 5.74) is 2.08. The Morgan fingerprint density at radius 1 is 0.893 bits per heavy atom. The Balaban J connectivity index is 1.46. The van der Waals surface area contributed by atoms with Crippen molar-refractivity contribution in [1.29, 1.82) is 0 Å². The van der Waals surface area contributed by atoms with Crippen LogP contribution in [0.5, 0.6) is 0 Å². The van der Waals surface area contributed by atoms with E-state index in [1.165, 1.54) is 5.56 Å². The van der Waals surface area contributed by atoms with Crippen LogP contribution in [0.15, 0.2) is 59.5 Å². The Labute approximate surface area is 167 Å². The number of piperidine rings is 1. The average molecular weight is 401 g/mol. The molecule has 0 aromatic heterocycles. The van der Waals surface area contributed by atoms with E-state index < -0.39 is 10.0 Å². The number of sulfonamides is 1. The van der Waals surface area contributed by atoms with Gasteiger partial charge in [-0.1, -0.05) is 48.9 Å². The van der Waals surface area contributed by atoms with Crippen LogP contribution >= 0.6 is 0 Å². The summed E-state index contributed by atoms with van der Waals surface area (Å²) >= 11 is 0. The summed E-state index contributed by atoms with van der Waals surface area (Å²) in [4.78, 5) is 12.4. The second-order valence-corrected chi connectivity index (χ2v) is 9.16. The van der Waals surface area contributed by atoms with Crippen LogP contribution < -0.4 is 5.32 Å². The van der Waals surface area contributed by atoms with Crippen LogP contribution in [0.1, 0.15) is 36.8 Å². The van der Waals surface area contributed by atoms with Crippen molar-refractivity contribution in [3.05, 3.63) is 65.7 Å². The lowest BCUT2D eigenvalue weighted by molar-refractivity contribution is -0.120. The summed E-state index contributed by atoms with van der Waals surface area (Å²) in [6.07, 6.45) is 5.01. The van der Waals surface area contributed by atoms with E-state index >= 15 is 0 Å². The Hall–Kier alpha value is -2.18. The summed E-state index contributed by atoms with van der Waals surface area (Å²) in [6, 6.07) is 16.9. The highest BCUT2D eigenvalue weighted by atomic mass is 32.2. The van der Waals surface area contributed by atoms with Crippen molar-refractivity contribution in [2.45, 2.75) is 43.4 Å². The Bertz CT molecular complexity index is 858. The molecule has 0 spiro atoms. The smallest absolute Gasteiger partial charge is 0.243 e. The molecule has 5 nitrogen and oxygen atoms in total. The largest absolute Gasteiger partial charge is 0.356 e. The fourth-order valence-corrected chi connectivity index (χ4v) is 4.96. The molecular weight excluding hydrogens is 372 g/mol. The number of nitrogens with one attached hydrogen (secondary N) is 1. The molecule has 0 unspecified atom stereocenters. The molecule has 1 fully saturated rings. The van der Waals surface area contributed by atoms with Crippen molar-refractivity contribution < 1.29 is 13.2 Å². The molecule has 150 valence electrons. The number of nitrogens with zero attached hydrogens (tertiary/aromatic N) is 1. The lowest BCUT2D eigenvalue weighted by Gasteiger charge is -2.25. The van der Waals surface area contributed by atoms with Crippen LogP contribution in [-0.2, 0) is 27.7 Å². The second kappa shape index (κ2) is 9.85. The van der Waals surface area contributed by atoms with Crippen molar-refractivity contribution in [2.24, 2.45) is 0 Å². The molecule has 0 atom stereocenters. The zero-order valence-corrected chi connectivity index (χ0v) is 17.0. The molecule has 28 heavy (non-hydrogen) atoms. The monoisotopic (exact) mass is 400 g/mol. The summed E-state index contributed by atoms with van der Waals surface area (Å²) in [7, 11) is -3.42. The van der Waals surface area contributed by atoms with E-state index in [0.717, 1.165) is 37.7 Å². The third-order valence-corrected chi connectivity index (χ3v) is 6.96. The van der Waals surface area contributed by atoms with Crippen LogP contribution in [0.4, 0.5) is 0 Å². The molecule has 0 bridgehead atoms. The highest BCUT2D eigenvalue weighted by Gasteiger charge is 2.25. The lowest BCUT2D eigenvalue weighted by atomic mass is 10.1. The molecule has 1 aliphatic heterocycles. The molecule has 1 amide bonds. The van der Waals surface area contributed by atoms with Crippen molar-refractivity contribution >= 4 is 15.9 Å². The number of carbonyl (C=O) groups excluding carboxylic acids is 1. The normalized spacial score (nSPS) is 15.3. The first-order valence-electron chi connectivity index (χ1n) is 9.95. The zero-order chi connectivity index (χ0) is 19.8. The average Bonchev–Trinajstić information content (AvgIpc) is 2.73. The molecule has 3 rings (SSSR count). The molecule has 2 aromatic rings. The first kappa shape index (κ1) is 20.6. The lowest BCUT2D eigenvalue weighted by Crippen LogP contribution is -2.35. The maximum atomic E-state index is 12.7. The molecule has 2 aromatic carbocycles. The van der Waals surface area contributed by atoms with Crippen molar-refractivity contribution in [1.82, 2.24) is 9.62 Å². The Kier molecular flexibility index (Phi) is 7.23. The zero-order valence-electron chi connectivity index (χ0n) is 16.1. The number of aryl methyl sites for hydroxylation is 1. The molecule has 1 heterocycles. The van der Waals surface area contributed by atoms with E-state index in [2.05, 4.69) is 17.4 Å². The van der Waals surface area contributed by atoms with Crippen LogP contribution in [0.25, 0.3) is 0 Å². The summed E-state index contributed by atoms with van der Waals surface area (Å²) in [5, 5.41) is 2.93. The van der Waals surface area contributed by atoms with Crippen molar-refractivity contribution in [2.75, 3.05) is 19.6 Å². The van der Waals surface area contributed by atoms with Gasteiger partial charge in [-0.15, -0.1) is 0 Å². The van der Waals surface area contributed by atoms with E-state index in [0.29, 0.717) is 24.5 Å². The van der Waals surface area contributed by atoms with E-state index in [1.54, 1.807) is 28.6 Å². The van der Waals surface area contributed by atoms with Gasteiger partial charge in [0.2, 0.25) is 15.9 Å². The van der Waals surface area contributed by atoms with Gasteiger partial charge in [-0.3, -0.25) is 4.79 Å². The van der Waals surface area contributed by atoms with Gasteiger partial charge in [0, 0.05) is 19.6 Å². The maximum Gasteiger partial charge on any atom is 0.243 e. The topological polar surface area (TPSA) is 66.5 Å². The van der Waals surface area contributed by atoms with Gasteiger partial charge in [-0.2, -0.15) is 4.31 Å². The van der Waals surface area contributed by atoms with Gasteiger partial charge in [-0.25, -0.2) is 8.42 Å². The first-order valence-corrected chi connectivity index (χ1v) is 11.4.